The molecular formula is C17H23NO4. The minimum atomic E-state index is -1.01. The third-order valence-corrected chi connectivity index (χ3v) is 4.40. The van der Waals surface area contributed by atoms with Gasteiger partial charge in [-0.15, -0.1) is 0 Å². The molecule has 1 aromatic rings. The number of carboxylic acids is 1. The lowest BCUT2D eigenvalue weighted by molar-refractivity contribution is -0.00537. The minimum absolute atomic E-state index is 0.105. The molecule has 1 atom stereocenters. The highest BCUT2D eigenvalue weighted by atomic mass is 16.5. The van der Waals surface area contributed by atoms with Crippen LogP contribution in [0.15, 0.2) is 18.2 Å². The summed E-state index contributed by atoms with van der Waals surface area (Å²) in [5, 5.41) is 9.13. The fourth-order valence-corrected chi connectivity index (χ4v) is 2.87. The first kappa shape index (κ1) is 16.5. The van der Waals surface area contributed by atoms with Gasteiger partial charge in [0.1, 0.15) is 0 Å². The molecule has 0 bridgehead atoms. The molecule has 1 aliphatic rings. The summed E-state index contributed by atoms with van der Waals surface area (Å²) in [7, 11) is 1.71. The second-order valence-corrected chi connectivity index (χ2v) is 6.19. The molecule has 0 aliphatic carbocycles. The molecule has 1 heterocycles. The third-order valence-electron chi connectivity index (χ3n) is 4.40. The molecule has 2 rings (SSSR count). The summed E-state index contributed by atoms with van der Waals surface area (Å²) in [5.74, 6) is -1.12. The van der Waals surface area contributed by atoms with Gasteiger partial charge in [0, 0.05) is 25.8 Å². The smallest absolute Gasteiger partial charge is 0.335 e. The first-order valence-corrected chi connectivity index (χ1v) is 7.54. The van der Waals surface area contributed by atoms with Crippen LogP contribution in [0.3, 0.4) is 0 Å². The number of nitrogens with zero attached hydrogens (tertiary/aromatic N) is 1. The Balaban J connectivity index is 2.19. The zero-order chi connectivity index (χ0) is 16.3. The van der Waals surface area contributed by atoms with Crippen molar-refractivity contribution in [2.24, 2.45) is 0 Å². The van der Waals surface area contributed by atoms with E-state index in [1.807, 2.05) is 0 Å². The molecule has 120 valence electrons. The topological polar surface area (TPSA) is 66.8 Å². The summed E-state index contributed by atoms with van der Waals surface area (Å²) in [6.07, 6.45) is 2.59. The van der Waals surface area contributed by atoms with Crippen molar-refractivity contribution < 1.29 is 19.4 Å². The minimum Gasteiger partial charge on any atom is -0.478 e. The number of likely N-dealkylation sites (tertiary alicyclic amines) is 1. The number of amides is 1. The van der Waals surface area contributed by atoms with E-state index < -0.39 is 5.97 Å². The number of carboxylic acid groups (broad SMARTS) is 1. The fraction of sp³-hybridized carbons (Fsp3) is 0.529. The second kappa shape index (κ2) is 6.48. The molecule has 0 radical (unpaired) electrons. The highest BCUT2D eigenvalue weighted by Crippen LogP contribution is 2.26. The van der Waals surface area contributed by atoms with Gasteiger partial charge in [-0.25, -0.2) is 4.79 Å². The quantitative estimate of drug-likeness (QED) is 0.932. The molecule has 5 heteroatoms. The van der Waals surface area contributed by atoms with Crippen molar-refractivity contribution in [3.63, 3.8) is 0 Å². The molecule has 1 fully saturated rings. The van der Waals surface area contributed by atoms with E-state index in [2.05, 4.69) is 6.92 Å². The number of carbonyl (C=O) groups excluding carboxylic acids is 1. The maximum atomic E-state index is 12.7. The number of aromatic carboxylic acids is 1. The molecular weight excluding hydrogens is 282 g/mol. The van der Waals surface area contributed by atoms with Crippen LogP contribution in [0.4, 0.5) is 0 Å². The lowest BCUT2D eigenvalue weighted by Gasteiger charge is -2.26. The molecule has 1 aromatic carbocycles. The van der Waals surface area contributed by atoms with Crippen LogP contribution in [0.1, 0.15) is 52.5 Å². The van der Waals surface area contributed by atoms with Crippen LogP contribution in [0, 0.1) is 6.92 Å². The number of carbonyl (C=O) groups is 2. The Kier molecular flexibility index (Phi) is 4.86. The summed E-state index contributed by atoms with van der Waals surface area (Å²) >= 11 is 0. The lowest BCUT2D eigenvalue weighted by atomic mass is 9.97. The Morgan fingerprint density at radius 1 is 1.18 bits per heavy atom. The zero-order valence-electron chi connectivity index (χ0n) is 13.4. The average molecular weight is 305 g/mol. The van der Waals surface area contributed by atoms with Gasteiger partial charge in [-0.3, -0.25) is 4.79 Å². The van der Waals surface area contributed by atoms with Crippen molar-refractivity contribution in [1.29, 1.82) is 0 Å². The van der Waals surface area contributed by atoms with E-state index >= 15 is 0 Å². The van der Waals surface area contributed by atoms with Crippen molar-refractivity contribution in [3.05, 3.63) is 34.9 Å². The highest BCUT2D eigenvalue weighted by Gasteiger charge is 2.29. The number of ether oxygens (including phenoxy) is 1. The lowest BCUT2D eigenvalue weighted by Crippen LogP contribution is -2.34. The standard InChI is InChI=1S/C17H23NO4/c1-12-9-13(11-14(10-12)16(20)21)15(19)18-7-4-5-17(2,22-3)6-8-18/h9-11H,4-8H2,1-3H3,(H,20,21). The fourth-order valence-electron chi connectivity index (χ4n) is 2.87. The average Bonchev–Trinajstić information content (AvgIpc) is 2.68. The van der Waals surface area contributed by atoms with E-state index in [0.29, 0.717) is 18.7 Å². The van der Waals surface area contributed by atoms with Gasteiger partial charge < -0.3 is 14.7 Å². The van der Waals surface area contributed by atoms with Gasteiger partial charge in [-0.1, -0.05) is 0 Å². The Labute approximate surface area is 130 Å². The highest BCUT2D eigenvalue weighted by molar-refractivity contribution is 5.97. The van der Waals surface area contributed by atoms with Crippen molar-refractivity contribution in [1.82, 2.24) is 4.90 Å². The van der Waals surface area contributed by atoms with Crippen LogP contribution >= 0.6 is 0 Å². The predicted molar refractivity (Wildman–Crippen MR) is 83.3 cm³/mol. The summed E-state index contributed by atoms with van der Waals surface area (Å²) in [5.41, 5.74) is 1.19. The van der Waals surface area contributed by atoms with Gasteiger partial charge >= 0.3 is 5.97 Å². The number of aryl methyl sites for hydroxylation is 1. The van der Waals surface area contributed by atoms with Gasteiger partial charge in [-0.2, -0.15) is 0 Å². The van der Waals surface area contributed by atoms with Gasteiger partial charge in [0.05, 0.1) is 11.2 Å². The number of benzene rings is 1. The second-order valence-electron chi connectivity index (χ2n) is 6.19. The Morgan fingerprint density at radius 3 is 2.50 bits per heavy atom. The predicted octanol–water partition coefficient (Wildman–Crippen LogP) is 2.72. The van der Waals surface area contributed by atoms with Gasteiger partial charge in [0.25, 0.3) is 5.91 Å². The molecule has 1 saturated heterocycles. The summed E-state index contributed by atoms with van der Waals surface area (Å²) in [4.78, 5) is 25.6. The molecule has 1 unspecified atom stereocenters. The van der Waals surface area contributed by atoms with Crippen LogP contribution in [-0.2, 0) is 4.74 Å². The molecule has 0 saturated carbocycles. The Morgan fingerprint density at radius 2 is 1.86 bits per heavy atom. The first-order chi connectivity index (χ1) is 10.3. The number of methoxy groups -OCH3 is 1. The van der Waals surface area contributed by atoms with Crippen LogP contribution in [0.2, 0.25) is 0 Å². The molecule has 1 N–H and O–H groups in total. The van der Waals surface area contributed by atoms with E-state index in [1.54, 1.807) is 31.1 Å². The Hall–Kier alpha value is -1.88. The monoisotopic (exact) mass is 305 g/mol. The normalized spacial score (nSPS) is 22.2. The number of hydrogen-bond donors (Lipinski definition) is 1. The van der Waals surface area contributed by atoms with E-state index in [1.165, 1.54) is 6.07 Å². The summed E-state index contributed by atoms with van der Waals surface area (Å²) in [6, 6.07) is 4.77. The van der Waals surface area contributed by atoms with Gasteiger partial charge in [0.15, 0.2) is 0 Å². The van der Waals surface area contributed by atoms with E-state index in [4.69, 9.17) is 9.84 Å². The largest absolute Gasteiger partial charge is 0.478 e. The molecule has 1 aliphatic heterocycles. The van der Waals surface area contributed by atoms with Crippen molar-refractivity contribution in [2.75, 3.05) is 20.2 Å². The van der Waals surface area contributed by atoms with Crippen molar-refractivity contribution >= 4 is 11.9 Å². The molecule has 1 amide bonds. The first-order valence-electron chi connectivity index (χ1n) is 7.54. The zero-order valence-corrected chi connectivity index (χ0v) is 13.4. The van der Waals surface area contributed by atoms with Crippen molar-refractivity contribution in [3.8, 4) is 0 Å². The van der Waals surface area contributed by atoms with Crippen LogP contribution in [0.25, 0.3) is 0 Å². The van der Waals surface area contributed by atoms with Gasteiger partial charge in [-0.05, 0) is 56.9 Å². The maximum absolute atomic E-state index is 12.7. The maximum Gasteiger partial charge on any atom is 0.335 e. The van der Waals surface area contributed by atoms with E-state index in [9.17, 15) is 9.59 Å². The molecule has 0 aromatic heterocycles. The van der Waals surface area contributed by atoms with Crippen LogP contribution in [0.5, 0.6) is 0 Å². The number of rotatable bonds is 3. The molecule has 5 nitrogen and oxygen atoms in total. The van der Waals surface area contributed by atoms with E-state index in [-0.39, 0.29) is 17.1 Å². The van der Waals surface area contributed by atoms with Gasteiger partial charge in [0.2, 0.25) is 0 Å². The summed E-state index contributed by atoms with van der Waals surface area (Å²) in [6.45, 7) is 5.16. The molecule has 0 spiro atoms. The molecule has 22 heavy (non-hydrogen) atoms. The van der Waals surface area contributed by atoms with Crippen LogP contribution < -0.4 is 0 Å². The Bertz CT molecular complexity index is 584. The van der Waals surface area contributed by atoms with E-state index in [0.717, 1.165) is 24.8 Å². The SMILES string of the molecule is COC1(C)CCCN(C(=O)c2cc(C)cc(C(=O)O)c2)CC1. The third kappa shape index (κ3) is 3.65. The number of hydrogen-bond acceptors (Lipinski definition) is 3. The summed E-state index contributed by atoms with van der Waals surface area (Å²) < 4.78 is 5.55. The van der Waals surface area contributed by atoms with Crippen LogP contribution in [-0.4, -0.2) is 47.7 Å². The van der Waals surface area contributed by atoms with Crippen molar-refractivity contribution in [2.45, 2.75) is 38.7 Å².